The average molecular weight is 290 g/mol. The Kier molecular flexibility index (Phi) is 4.88. The maximum atomic E-state index is 12.6. The van der Waals surface area contributed by atoms with E-state index in [0.29, 0.717) is 19.5 Å². The third-order valence-corrected chi connectivity index (χ3v) is 4.85. The number of amides is 1. The van der Waals surface area contributed by atoms with Gasteiger partial charge in [0, 0.05) is 13.0 Å². The first-order chi connectivity index (χ1) is 10.0. The maximum Gasteiger partial charge on any atom is 0.223 e. The molecule has 21 heavy (non-hydrogen) atoms. The monoisotopic (exact) mass is 290 g/mol. The predicted molar refractivity (Wildman–Crippen MR) is 83.9 cm³/mol. The van der Waals surface area contributed by atoms with E-state index in [0.717, 1.165) is 18.4 Å². The summed E-state index contributed by atoms with van der Waals surface area (Å²) in [6.45, 7) is 5.26. The van der Waals surface area contributed by atoms with Gasteiger partial charge in [0.05, 0.1) is 6.04 Å². The number of rotatable bonds is 6. The van der Waals surface area contributed by atoms with Gasteiger partial charge in [-0.2, -0.15) is 0 Å². The first-order valence-electron chi connectivity index (χ1n) is 7.80. The molecule has 0 aromatic heterocycles. The van der Waals surface area contributed by atoms with Crippen molar-refractivity contribution in [1.29, 1.82) is 0 Å². The van der Waals surface area contributed by atoms with Gasteiger partial charge in [0.25, 0.3) is 0 Å². The second kappa shape index (κ2) is 6.48. The zero-order valence-corrected chi connectivity index (χ0v) is 13.0. The minimum absolute atomic E-state index is 0.0308. The molecular weight excluding hydrogens is 264 g/mol. The second-order valence-corrected chi connectivity index (χ2v) is 6.19. The Labute approximate surface area is 126 Å². The Morgan fingerprint density at radius 1 is 1.48 bits per heavy atom. The molecule has 0 radical (unpaired) electrons. The van der Waals surface area contributed by atoms with Crippen LogP contribution in [0.2, 0.25) is 0 Å². The van der Waals surface area contributed by atoms with E-state index in [4.69, 9.17) is 5.73 Å². The van der Waals surface area contributed by atoms with Crippen LogP contribution >= 0.6 is 0 Å². The summed E-state index contributed by atoms with van der Waals surface area (Å²) in [5.41, 5.74) is 6.85. The quantitative estimate of drug-likeness (QED) is 0.846. The molecule has 1 aliphatic carbocycles. The number of carbonyl (C=O) groups is 1. The summed E-state index contributed by atoms with van der Waals surface area (Å²) in [5.74, 6) is 0.402. The van der Waals surface area contributed by atoms with Crippen molar-refractivity contribution in [3.8, 4) is 5.75 Å². The van der Waals surface area contributed by atoms with Crippen LogP contribution in [0.25, 0.3) is 0 Å². The molecule has 1 aromatic carbocycles. The van der Waals surface area contributed by atoms with Crippen LogP contribution in [0.5, 0.6) is 5.75 Å². The molecule has 1 fully saturated rings. The highest BCUT2D eigenvalue weighted by Gasteiger charge is 2.39. The first kappa shape index (κ1) is 15.8. The van der Waals surface area contributed by atoms with Crippen LogP contribution < -0.4 is 5.73 Å². The lowest BCUT2D eigenvalue weighted by molar-refractivity contribution is -0.137. The fourth-order valence-corrected chi connectivity index (χ4v) is 3.18. The fourth-order valence-electron chi connectivity index (χ4n) is 3.18. The molecule has 1 aliphatic rings. The normalized spacial score (nSPS) is 17.9. The van der Waals surface area contributed by atoms with Gasteiger partial charge in [-0.1, -0.05) is 18.6 Å². The van der Waals surface area contributed by atoms with Gasteiger partial charge in [-0.05, 0) is 56.3 Å². The molecule has 116 valence electrons. The molecule has 4 nitrogen and oxygen atoms in total. The molecule has 1 atom stereocenters. The highest BCUT2D eigenvalue weighted by Crippen LogP contribution is 2.43. The summed E-state index contributed by atoms with van der Waals surface area (Å²) in [7, 11) is 0. The third-order valence-electron chi connectivity index (χ3n) is 4.85. The number of nitrogens with two attached hydrogens (primary N) is 1. The zero-order valence-electron chi connectivity index (χ0n) is 13.0. The maximum absolute atomic E-state index is 12.6. The van der Waals surface area contributed by atoms with Crippen LogP contribution in [0.4, 0.5) is 0 Å². The highest BCUT2D eigenvalue weighted by molar-refractivity contribution is 5.77. The molecule has 1 saturated carbocycles. The molecule has 2 rings (SSSR count). The van der Waals surface area contributed by atoms with Crippen LogP contribution in [0.3, 0.4) is 0 Å². The average Bonchev–Trinajstić information content (AvgIpc) is 2.43. The second-order valence-electron chi connectivity index (χ2n) is 6.19. The Morgan fingerprint density at radius 2 is 2.19 bits per heavy atom. The lowest BCUT2D eigenvalue weighted by Crippen LogP contribution is -2.43. The Hall–Kier alpha value is -1.55. The highest BCUT2D eigenvalue weighted by atomic mass is 16.3. The number of nitrogens with zero attached hydrogens (tertiary/aromatic N) is 1. The van der Waals surface area contributed by atoms with E-state index in [2.05, 4.69) is 0 Å². The van der Waals surface area contributed by atoms with Gasteiger partial charge in [-0.15, -0.1) is 0 Å². The lowest BCUT2D eigenvalue weighted by Gasteiger charge is -2.42. The van der Waals surface area contributed by atoms with Crippen molar-refractivity contribution < 1.29 is 9.90 Å². The van der Waals surface area contributed by atoms with Crippen LogP contribution in [0.15, 0.2) is 24.3 Å². The molecule has 0 saturated heterocycles. The molecule has 1 unspecified atom stereocenters. The van der Waals surface area contributed by atoms with Crippen molar-refractivity contribution >= 4 is 5.91 Å². The molecule has 4 heteroatoms. The molecule has 1 aromatic rings. The van der Waals surface area contributed by atoms with Crippen LogP contribution in [-0.2, 0) is 4.79 Å². The summed E-state index contributed by atoms with van der Waals surface area (Å²) in [4.78, 5) is 14.5. The van der Waals surface area contributed by atoms with E-state index >= 15 is 0 Å². The summed E-state index contributed by atoms with van der Waals surface area (Å²) in [5, 5.41) is 9.61. The van der Waals surface area contributed by atoms with E-state index in [1.54, 1.807) is 12.1 Å². The number of carbonyl (C=O) groups excluding carboxylic acids is 1. The molecule has 0 bridgehead atoms. The lowest BCUT2D eigenvalue weighted by atomic mass is 9.66. The van der Waals surface area contributed by atoms with Crippen molar-refractivity contribution in [2.45, 2.75) is 45.6 Å². The largest absolute Gasteiger partial charge is 0.508 e. The van der Waals surface area contributed by atoms with Gasteiger partial charge in [0.15, 0.2) is 0 Å². The Morgan fingerprint density at radius 3 is 2.67 bits per heavy atom. The SMILES string of the molecule is CCN(C(=O)CC1(CN)CCC1)C(C)c1cccc(O)c1. The van der Waals surface area contributed by atoms with Gasteiger partial charge in [0.1, 0.15) is 5.75 Å². The predicted octanol–water partition coefficient (Wildman–Crippen LogP) is 2.82. The minimum atomic E-state index is -0.0375. The van der Waals surface area contributed by atoms with Gasteiger partial charge in [0.2, 0.25) is 5.91 Å². The smallest absolute Gasteiger partial charge is 0.223 e. The van der Waals surface area contributed by atoms with Crippen molar-refractivity contribution in [3.63, 3.8) is 0 Å². The van der Waals surface area contributed by atoms with E-state index in [-0.39, 0.29) is 23.1 Å². The van der Waals surface area contributed by atoms with E-state index in [1.165, 1.54) is 6.42 Å². The standard InChI is InChI=1S/C17H26N2O2/c1-3-19(13(2)14-6-4-7-15(20)10-14)16(21)11-17(12-18)8-5-9-17/h4,6-7,10,13,20H,3,5,8-9,11-12,18H2,1-2H3. The van der Waals surface area contributed by atoms with Gasteiger partial charge in [-0.25, -0.2) is 0 Å². The Bertz CT molecular complexity index is 492. The number of hydrogen-bond acceptors (Lipinski definition) is 3. The third kappa shape index (κ3) is 3.38. The van der Waals surface area contributed by atoms with Gasteiger partial charge < -0.3 is 15.7 Å². The number of phenolic OH excluding ortho intramolecular Hbond substituents is 1. The molecule has 3 N–H and O–H groups in total. The zero-order chi connectivity index (χ0) is 15.5. The van der Waals surface area contributed by atoms with E-state index < -0.39 is 0 Å². The molecule has 0 spiro atoms. The summed E-state index contributed by atoms with van der Waals surface area (Å²) in [6, 6.07) is 7.09. The molecule has 0 aliphatic heterocycles. The number of phenols is 1. The van der Waals surface area contributed by atoms with Crippen LogP contribution in [0, 0.1) is 5.41 Å². The van der Waals surface area contributed by atoms with Crippen LogP contribution in [0.1, 0.15) is 51.1 Å². The summed E-state index contributed by atoms with van der Waals surface area (Å²) < 4.78 is 0. The van der Waals surface area contributed by atoms with Crippen molar-refractivity contribution in [1.82, 2.24) is 4.90 Å². The number of hydrogen-bond donors (Lipinski definition) is 2. The number of aromatic hydroxyl groups is 1. The Balaban J connectivity index is 2.09. The number of benzene rings is 1. The van der Waals surface area contributed by atoms with Crippen molar-refractivity contribution in [2.75, 3.05) is 13.1 Å². The molecular formula is C17H26N2O2. The van der Waals surface area contributed by atoms with Crippen molar-refractivity contribution in [2.24, 2.45) is 11.1 Å². The first-order valence-corrected chi connectivity index (χ1v) is 7.80. The topological polar surface area (TPSA) is 66.6 Å². The molecule has 0 heterocycles. The summed E-state index contributed by atoms with van der Waals surface area (Å²) in [6.07, 6.45) is 3.85. The summed E-state index contributed by atoms with van der Waals surface area (Å²) >= 11 is 0. The van der Waals surface area contributed by atoms with Crippen molar-refractivity contribution in [3.05, 3.63) is 29.8 Å². The van der Waals surface area contributed by atoms with Gasteiger partial charge >= 0.3 is 0 Å². The van der Waals surface area contributed by atoms with Gasteiger partial charge in [-0.3, -0.25) is 4.79 Å². The minimum Gasteiger partial charge on any atom is -0.508 e. The van der Waals surface area contributed by atoms with E-state index in [9.17, 15) is 9.90 Å². The van der Waals surface area contributed by atoms with E-state index in [1.807, 2.05) is 30.9 Å². The fraction of sp³-hybridized carbons (Fsp3) is 0.588. The molecule has 1 amide bonds. The van der Waals surface area contributed by atoms with Crippen LogP contribution in [-0.4, -0.2) is 29.0 Å².